The van der Waals surface area contributed by atoms with E-state index in [1.54, 1.807) is 0 Å². The molecular formula is C15H19N3. The fraction of sp³-hybridized carbons (Fsp3) is 0.400. The monoisotopic (exact) mass is 241 g/mol. The minimum atomic E-state index is 0.535. The lowest BCUT2D eigenvalue weighted by Crippen LogP contribution is -2.17. The van der Waals surface area contributed by atoms with Crippen LogP contribution in [0.5, 0.6) is 0 Å². The normalized spacial score (nSPS) is 16.3. The zero-order valence-electron chi connectivity index (χ0n) is 10.5. The third kappa shape index (κ3) is 2.18. The molecule has 18 heavy (non-hydrogen) atoms. The van der Waals surface area contributed by atoms with Gasteiger partial charge in [0.2, 0.25) is 0 Å². The van der Waals surface area contributed by atoms with Crippen molar-refractivity contribution < 1.29 is 0 Å². The summed E-state index contributed by atoms with van der Waals surface area (Å²) in [6, 6.07) is 10.9. The van der Waals surface area contributed by atoms with Crippen molar-refractivity contribution in [2.24, 2.45) is 5.73 Å². The Kier molecular flexibility index (Phi) is 3.15. The summed E-state index contributed by atoms with van der Waals surface area (Å²) in [5, 5.41) is 4.72. The number of fused-ring (bicyclic) bond motifs is 1. The van der Waals surface area contributed by atoms with E-state index < -0.39 is 0 Å². The Labute approximate surface area is 107 Å². The summed E-state index contributed by atoms with van der Waals surface area (Å²) in [5.41, 5.74) is 7.98. The number of hydrogen-bond donors (Lipinski definition) is 2. The molecule has 0 spiro atoms. The number of nitrogens with zero attached hydrogens (tertiary/aromatic N) is 1. The largest absolute Gasteiger partial charge is 0.367 e. The molecule has 3 nitrogen and oxygen atoms in total. The second kappa shape index (κ2) is 4.94. The van der Waals surface area contributed by atoms with Gasteiger partial charge in [-0.3, -0.25) is 0 Å². The maximum absolute atomic E-state index is 5.84. The third-order valence-corrected chi connectivity index (χ3v) is 3.72. The molecule has 0 bridgehead atoms. The molecule has 0 unspecified atom stereocenters. The van der Waals surface area contributed by atoms with Crippen LogP contribution in [0.4, 0.5) is 5.82 Å². The van der Waals surface area contributed by atoms with E-state index in [0.717, 1.165) is 22.3 Å². The van der Waals surface area contributed by atoms with Crippen molar-refractivity contribution in [2.75, 3.05) is 5.32 Å². The van der Waals surface area contributed by atoms with E-state index in [-0.39, 0.29) is 0 Å². The fourth-order valence-electron chi connectivity index (χ4n) is 2.70. The maximum Gasteiger partial charge on any atom is 0.131 e. The molecule has 0 atom stereocenters. The van der Waals surface area contributed by atoms with Crippen LogP contribution >= 0.6 is 0 Å². The Morgan fingerprint density at radius 2 is 2.00 bits per heavy atom. The van der Waals surface area contributed by atoms with Crippen LogP contribution in [0, 0.1) is 0 Å². The molecule has 1 aromatic heterocycles. The smallest absolute Gasteiger partial charge is 0.131 e. The number of nitrogens with one attached hydrogen (secondary N) is 1. The second-order valence-electron chi connectivity index (χ2n) is 5.02. The molecule has 3 heteroatoms. The Bertz CT molecular complexity index is 544. The number of aromatic nitrogens is 1. The first-order chi connectivity index (χ1) is 8.86. The fourth-order valence-corrected chi connectivity index (χ4v) is 2.70. The van der Waals surface area contributed by atoms with E-state index in [9.17, 15) is 0 Å². The number of benzene rings is 1. The van der Waals surface area contributed by atoms with Gasteiger partial charge in [-0.05, 0) is 25.0 Å². The van der Waals surface area contributed by atoms with Crippen molar-refractivity contribution in [1.29, 1.82) is 0 Å². The van der Waals surface area contributed by atoms with Gasteiger partial charge < -0.3 is 11.1 Å². The van der Waals surface area contributed by atoms with Crippen LogP contribution in [0.2, 0.25) is 0 Å². The molecule has 0 radical (unpaired) electrons. The highest BCUT2D eigenvalue weighted by molar-refractivity contribution is 5.81. The molecule has 1 aliphatic carbocycles. The Morgan fingerprint density at radius 1 is 1.22 bits per heavy atom. The molecule has 0 aliphatic heterocycles. The molecular weight excluding hydrogens is 222 g/mol. The third-order valence-electron chi connectivity index (χ3n) is 3.72. The van der Waals surface area contributed by atoms with E-state index in [1.165, 1.54) is 25.7 Å². The minimum absolute atomic E-state index is 0.535. The molecule has 2 aromatic rings. The van der Waals surface area contributed by atoms with Crippen LogP contribution in [-0.2, 0) is 6.54 Å². The van der Waals surface area contributed by atoms with Gasteiger partial charge in [-0.2, -0.15) is 0 Å². The van der Waals surface area contributed by atoms with Gasteiger partial charge in [-0.1, -0.05) is 31.0 Å². The topological polar surface area (TPSA) is 50.9 Å². The summed E-state index contributed by atoms with van der Waals surface area (Å²) in [5.74, 6) is 0.975. The van der Waals surface area contributed by atoms with Crippen LogP contribution in [-0.4, -0.2) is 11.0 Å². The van der Waals surface area contributed by atoms with Gasteiger partial charge >= 0.3 is 0 Å². The predicted octanol–water partition coefficient (Wildman–Crippen LogP) is 3.05. The highest BCUT2D eigenvalue weighted by Gasteiger charge is 2.16. The number of rotatable bonds is 3. The lowest BCUT2D eigenvalue weighted by molar-refractivity contribution is 0.748. The molecule has 3 N–H and O–H groups in total. The average Bonchev–Trinajstić information content (AvgIpc) is 2.91. The summed E-state index contributed by atoms with van der Waals surface area (Å²) < 4.78 is 0. The van der Waals surface area contributed by atoms with Crippen molar-refractivity contribution in [2.45, 2.75) is 38.3 Å². The van der Waals surface area contributed by atoms with Crippen molar-refractivity contribution in [3.8, 4) is 0 Å². The molecule has 0 amide bonds. The summed E-state index contributed by atoms with van der Waals surface area (Å²) >= 11 is 0. The summed E-state index contributed by atoms with van der Waals surface area (Å²) in [6.07, 6.45) is 5.14. The van der Waals surface area contributed by atoms with Crippen molar-refractivity contribution >= 4 is 16.7 Å². The first-order valence-corrected chi connectivity index (χ1v) is 6.72. The lowest BCUT2D eigenvalue weighted by atomic mass is 10.1. The van der Waals surface area contributed by atoms with Gasteiger partial charge in [-0.25, -0.2) is 4.98 Å². The summed E-state index contributed by atoms with van der Waals surface area (Å²) in [7, 11) is 0. The van der Waals surface area contributed by atoms with Crippen LogP contribution < -0.4 is 11.1 Å². The minimum Gasteiger partial charge on any atom is -0.367 e. The first kappa shape index (κ1) is 11.5. The van der Waals surface area contributed by atoms with Gasteiger partial charge in [0, 0.05) is 23.5 Å². The standard InChI is InChI=1S/C15H19N3/c16-10-12-9-11-5-1-4-8-14(11)18-15(12)17-13-6-2-3-7-13/h1,4-5,8-9,13H,2-3,6-7,10,16H2,(H,17,18). The maximum atomic E-state index is 5.84. The van der Waals surface area contributed by atoms with E-state index in [2.05, 4.69) is 23.5 Å². The quantitative estimate of drug-likeness (QED) is 0.868. The lowest BCUT2D eigenvalue weighted by Gasteiger charge is -2.16. The Balaban J connectivity index is 1.97. The molecule has 1 aliphatic rings. The van der Waals surface area contributed by atoms with Gasteiger partial charge in [0.1, 0.15) is 5.82 Å². The first-order valence-electron chi connectivity index (χ1n) is 6.72. The van der Waals surface area contributed by atoms with Crippen LogP contribution in [0.15, 0.2) is 30.3 Å². The van der Waals surface area contributed by atoms with Crippen LogP contribution in [0.3, 0.4) is 0 Å². The van der Waals surface area contributed by atoms with Crippen LogP contribution in [0.1, 0.15) is 31.2 Å². The van der Waals surface area contributed by atoms with Crippen LogP contribution in [0.25, 0.3) is 10.9 Å². The van der Waals surface area contributed by atoms with Gasteiger partial charge in [-0.15, -0.1) is 0 Å². The highest BCUT2D eigenvalue weighted by atomic mass is 15.0. The zero-order chi connectivity index (χ0) is 12.4. The van der Waals surface area contributed by atoms with Gasteiger partial charge in [0.05, 0.1) is 5.52 Å². The van der Waals surface area contributed by atoms with E-state index >= 15 is 0 Å². The number of para-hydroxylation sites is 1. The van der Waals surface area contributed by atoms with E-state index in [4.69, 9.17) is 10.7 Å². The Hall–Kier alpha value is -1.61. The van der Waals surface area contributed by atoms with Crippen molar-refractivity contribution in [1.82, 2.24) is 4.98 Å². The van der Waals surface area contributed by atoms with Crippen molar-refractivity contribution in [3.63, 3.8) is 0 Å². The van der Waals surface area contributed by atoms with Gasteiger partial charge in [0.15, 0.2) is 0 Å². The average molecular weight is 241 g/mol. The zero-order valence-corrected chi connectivity index (χ0v) is 10.5. The molecule has 94 valence electrons. The molecule has 1 saturated carbocycles. The number of hydrogen-bond acceptors (Lipinski definition) is 3. The highest BCUT2D eigenvalue weighted by Crippen LogP contribution is 2.25. The number of nitrogens with two attached hydrogens (primary N) is 1. The Morgan fingerprint density at radius 3 is 2.78 bits per heavy atom. The number of anilines is 1. The molecule has 3 rings (SSSR count). The van der Waals surface area contributed by atoms with E-state index in [1.807, 2.05) is 12.1 Å². The number of pyridine rings is 1. The summed E-state index contributed by atoms with van der Waals surface area (Å²) in [6.45, 7) is 0.535. The molecule has 1 fully saturated rings. The molecule has 0 saturated heterocycles. The SMILES string of the molecule is NCc1cc2ccccc2nc1NC1CCCC1. The second-order valence-corrected chi connectivity index (χ2v) is 5.02. The predicted molar refractivity (Wildman–Crippen MR) is 75.5 cm³/mol. The van der Waals surface area contributed by atoms with Crippen molar-refractivity contribution in [3.05, 3.63) is 35.9 Å². The molecule has 1 aromatic carbocycles. The van der Waals surface area contributed by atoms with Gasteiger partial charge in [0.25, 0.3) is 0 Å². The summed E-state index contributed by atoms with van der Waals surface area (Å²) in [4.78, 5) is 4.72. The van der Waals surface area contributed by atoms with E-state index in [0.29, 0.717) is 12.6 Å². The molecule has 1 heterocycles.